The van der Waals surface area contributed by atoms with Crippen molar-refractivity contribution in [3.05, 3.63) is 36.9 Å². The smallest absolute Gasteiger partial charge is 0.161 e. The van der Waals surface area contributed by atoms with E-state index in [1.54, 1.807) is 31.2 Å². The van der Waals surface area contributed by atoms with Crippen LogP contribution in [0.5, 0.6) is 11.5 Å². The van der Waals surface area contributed by atoms with Crippen LogP contribution in [0.15, 0.2) is 36.9 Å². The molecule has 1 atom stereocenters. The van der Waals surface area contributed by atoms with Crippen LogP contribution in [0.1, 0.15) is 13.3 Å². The summed E-state index contributed by atoms with van der Waals surface area (Å²) in [6.07, 6.45) is 2.08. The number of benzene rings is 1. The van der Waals surface area contributed by atoms with Crippen molar-refractivity contribution in [2.24, 2.45) is 0 Å². The van der Waals surface area contributed by atoms with Crippen LogP contribution in [-0.2, 0) is 0 Å². The third-order valence-corrected chi connectivity index (χ3v) is 1.99. The molecule has 1 rings (SSSR count). The first kappa shape index (κ1) is 11.6. The standard InChI is InChI=1S/C12H16O3/c1-3-8-12(2,14)9-15-11-7-5-4-6-10(11)13/h3-7,13-14H,1,8-9H2,2H3. The van der Waals surface area contributed by atoms with Gasteiger partial charge in [-0.1, -0.05) is 18.2 Å². The van der Waals surface area contributed by atoms with Crippen molar-refractivity contribution in [3.63, 3.8) is 0 Å². The highest BCUT2D eigenvalue weighted by molar-refractivity contribution is 5.37. The first-order valence-electron chi connectivity index (χ1n) is 4.79. The highest BCUT2D eigenvalue weighted by atomic mass is 16.5. The molecule has 3 heteroatoms. The van der Waals surface area contributed by atoms with E-state index in [9.17, 15) is 10.2 Å². The van der Waals surface area contributed by atoms with Gasteiger partial charge >= 0.3 is 0 Å². The van der Waals surface area contributed by atoms with Crippen LogP contribution < -0.4 is 4.74 Å². The molecular formula is C12H16O3. The Morgan fingerprint density at radius 3 is 2.73 bits per heavy atom. The van der Waals surface area contributed by atoms with Gasteiger partial charge in [0, 0.05) is 0 Å². The van der Waals surface area contributed by atoms with Gasteiger partial charge in [-0.2, -0.15) is 0 Å². The average molecular weight is 208 g/mol. The summed E-state index contributed by atoms with van der Waals surface area (Å²) in [6, 6.07) is 6.66. The Morgan fingerprint density at radius 2 is 2.13 bits per heavy atom. The SMILES string of the molecule is C=CCC(C)(O)COc1ccccc1O. The van der Waals surface area contributed by atoms with Gasteiger partial charge in [0.05, 0.1) is 5.60 Å². The molecule has 2 N–H and O–H groups in total. The van der Waals surface area contributed by atoms with Crippen LogP contribution in [0.4, 0.5) is 0 Å². The van der Waals surface area contributed by atoms with E-state index in [-0.39, 0.29) is 12.4 Å². The molecule has 0 bridgehead atoms. The first-order chi connectivity index (χ1) is 7.05. The zero-order valence-corrected chi connectivity index (χ0v) is 8.81. The number of aliphatic hydroxyl groups is 1. The van der Waals surface area contributed by atoms with Crippen molar-refractivity contribution < 1.29 is 14.9 Å². The van der Waals surface area contributed by atoms with Crippen molar-refractivity contribution in [2.75, 3.05) is 6.61 Å². The van der Waals surface area contributed by atoms with Gasteiger partial charge in [0.25, 0.3) is 0 Å². The van der Waals surface area contributed by atoms with Crippen LogP contribution in [0, 0.1) is 0 Å². The van der Waals surface area contributed by atoms with Gasteiger partial charge in [0.1, 0.15) is 6.61 Å². The fraction of sp³-hybridized carbons (Fsp3) is 0.333. The summed E-state index contributed by atoms with van der Waals surface area (Å²) in [7, 11) is 0. The lowest BCUT2D eigenvalue weighted by atomic mass is 10.0. The molecule has 1 aromatic rings. The summed E-state index contributed by atoms with van der Waals surface area (Å²) >= 11 is 0. The van der Waals surface area contributed by atoms with Crippen molar-refractivity contribution >= 4 is 0 Å². The normalized spacial score (nSPS) is 14.3. The Bertz CT molecular complexity index is 331. The van der Waals surface area contributed by atoms with Crippen molar-refractivity contribution in [1.29, 1.82) is 0 Å². The second-order valence-electron chi connectivity index (χ2n) is 3.75. The minimum Gasteiger partial charge on any atom is -0.504 e. The Kier molecular flexibility index (Phi) is 3.74. The molecule has 0 aliphatic carbocycles. The molecule has 1 unspecified atom stereocenters. The molecule has 82 valence electrons. The molecule has 0 heterocycles. The maximum atomic E-state index is 9.79. The zero-order chi connectivity index (χ0) is 11.3. The van der Waals surface area contributed by atoms with E-state index in [0.29, 0.717) is 12.2 Å². The van der Waals surface area contributed by atoms with E-state index in [1.165, 1.54) is 6.07 Å². The van der Waals surface area contributed by atoms with Gasteiger partial charge in [0.15, 0.2) is 11.5 Å². The molecule has 0 radical (unpaired) electrons. The second-order valence-corrected chi connectivity index (χ2v) is 3.75. The van der Waals surface area contributed by atoms with E-state index in [1.807, 2.05) is 0 Å². The Morgan fingerprint density at radius 1 is 1.47 bits per heavy atom. The van der Waals surface area contributed by atoms with Crippen LogP contribution >= 0.6 is 0 Å². The Labute approximate surface area is 89.6 Å². The number of aromatic hydroxyl groups is 1. The van der Waals surface area contributed by atoms with E-state index in [0.717, 1.165) is 0 Å². The number of phenolic OH excluding ortho intramolecular Hbond substituents is 1. The third kappa shape index (κ3) is 3.64. The number of hydrogen-bond donors (Lipinski definition) is 2. The summed E-state index contributed by atoms with van der Waals surface area (Å²) in [4.78, 5) is 0. The van der Waals surface area contributed by atoms with Crippen molar-refractivity contribution in [1.82, 2.24) is 0 Å². The fourth-order valence-electron chi connectivity index (χ4n) is 1.18. The molecule has 3 nitrogen and oxygen atoms in total. The molecular weight excluding hydrogens is 192 g/mol. The molecule has 0 aliphatic rings. The lowest BCUT2D eigenvalue weighted by Gasteiger charge is -2.21. The van der Waals surface area contributed by atoms with Crippen LogP contribution in [0.2, 0.25) is 0 Å². The third-order valence-electron chi connectivity index (χ3n) is 1.99. The van der Waals surface area contributed by atoms with Gasteiger partial charge in [-0.25, -0.2) is 0 Å². The monoisotopic (exact) mass is 208 g/mol. The number of hydrogen-bond acceptors (Lipinski definition) is 3. The molecule has 1 aromatic carbocycles. The summed E-state index contributed by atoms with van der Waals surface area (Å²) in [5.41, 5.74) is -0.954. The minimum atomic E-state index is -0.954. The zero-order valence-electron chi connectivity index (χ0n) is 8.81. The number of phenols is 1. The summed E-state index contributed by atoms with van der Waals surface area (Å²) in [5, 5.41) is 19.2. The van der Waals surface area contributed by atoms with Crippen LogP contribution in [0.25, 0.3) is 0 Å². The Balaban J connectivity index is 2.57. The molecule has 0 spiro atoms. The molecule has 0 aromatic heterocycles. The topological polar surface area (TPSA) is 49.7 Å². The van der Waals surface area contributed by atoms with Crippen molar-refractivity contribution in [2.45, 2.75) is 18.9 Å². The quantitative estimate of drug-likeness (QED) is 0.728. The minimum absolute atomic E-state index is 0.0758. The number of para-hydroxylation sites is 2. The molecule has 0 aliphatic heterocycles. The first-order valence-corrected chi connectivity index (χ1v) is 4.79. The van der Waals surface area contributed by atoms with Gasteiger partial charge < -0.3 is 14.9 Å². The molecule has 0 saturated heterocycles. The highest BCUT2D eigenvalue weighted by Gasteiger charge is 2.19. The summed E-state index contributed by atoms with van der Waals surface area (Å²) < 4.78 is 5.31. The molecule has 0 amide bonds. The summed E-state index contributed by atoms with van der Waals surface area (Å²) in [6.45, 7) is 5.34. The molecule has 0 fully saturated rings. The Hall–Kier alpha value is -1.48. The van der Waals surface area contributed by atoms with E-state index < -0.39 is 5.60 Å². The molecule has 15 heavy (non-hydrogen) atoms. The van der Waals surface area contributed by atoms with E-state index >= 15 is 0 Å². The lowest BCUT2D eigenvalue weighted by Crippen LogP contribution is -2.31. The van der Waals surface area contributed by atoms with Crippen LogP contribution in [-0.4, -0.2) is 22.4 Å². The fourth-order valence-corrected chi connectivity index (χ4v) is 1.18. The number of rotatable bonds is 5. The van der Waals surface area contributed by atoms with Gasteiger partial charge in [-0.3, -0.25) is 0 Å². The average Bonchev–Trinajstić information content (AvgIpc) is 2.16. The maximum absolute atomic E-state index is 9.79. The predicted molar refractivity (Wildman–Crippen MR) is 59.0 cm³/mol. The van der Waals surface area contributed by atoms with Gasteiger partial charge in [-0.05, 0) is 25.5 Å². The maximum Gasteiger partial charge on any atom is 0.161 e. The number of ether oxygens (including phenoxy) is 1. The van der Waals surface area contributed by atoms with Gasteiger partial charge in [0.2, 0.25) is 0 Å². The lowest BCUT2D eigenvalue weighted by molar-refractivity contribution is 0.0136. The van der Waals surface area contributed by atoms with E-state index in [4.69, 9.17) is 4.74 Å². The second kappa shape index (κ2) is 4.84. The summed E-state index contributed by atoms with van der Waals surface area (Å²) in [5.74, 6) is 0.453. The van der Waals surface area contributed by atoms with Crippen LogP contribution in [0.3, 0.4) is 0 Å². The largest absolute Gasteiger partial charge is 0.504 e. The van der Waals surface area contributed by atoms with E-state index in [2.05, 4.69) is 6.58 Å². The van der Waals surface area contributed by atoms with Crippen molar-refractivity contribution in [3.8, 4) is 11.5 Å². The molecule has 0 saturated carbocycles. The van der Waals surface area contributed by atoms with Gasteiger partial charge in [-0.15, -0.1) is 6.58 Å². The predicted octanol–water partition coefficient (Wildman–Crippen LogP) is 2.10. The highest BCUT2D eigenvalue weighted by Crippen LogP contribution is 2.25.